The minimum atomic E-state index is 0.788. The third kappa shape index (κ3) is 1.56. The first-order chi connectivity index (χ1) is 6.79. The number of nitrogens with zero attached hydrogens (tertiary/aromatic N) is 1. The fraction of sp³-hybridized carbons (Fsp3) is 0.0909. The largest absolute Gasteiger partial charge is 0.387 e. The number of benzene rings is 1. The second kappa shape index (κ2) is 3.44. The Morgan fingerprint density at radius 1 is 1.36 bits per heavy atom. The van der Waals surface area contributed by atoms with Crippen LogP contribution in [0.5, 0.6) is 0 Å². The van der Waals surface area contributed by atoms with Crippen LogP contribution in [0.4, 0.5) is 0 Å². The fourth-order valence-corrected chi connectivity index (χ4v) is 1.21. The molecule has 1 N–H and O–H groups in total. The highest BCUT2D eigenvalue weighted by molar-refractivity contribution is 5.60. The van der Waals surface area contributed by atoms with E-state index < -0.39 is 0 Å². The maximum atomic E-state index is 5.26. The number of rotatable bonds is 1. The molecule has 1 aliphatic rings. The van der Waals surface area contributed by atoms with E-state index >= 15 is 0 Å². The Kier molecular flexibility index (Phi) is 2.13. The van der Waals surface area contributed by atoms with E-state index in [0.29, 0.717) is 0 Å². The Bertz CT molecular complexity index is 400. The van der Waals surface area contributed by atoms with Crippen molar-refractivity contribution in [3.8, 4) is 12.3 Å². The van der Waals surface area contributed by atoms with Gasteiger partial charge in [-0.2, -0.15) is 0 Å². The predicted molar refractivity (Wildman–Crippen MR) is 54.3 cm³/mol. The lowest BCUT2D eigenvalue weighted by Gasteiger charge is -2.04. The van der Waals surface area contributed by atoms with Crippen molar-refractivity contribution < 1.29 is 4.84 Å². The van der Waals surface area contributed by atoms with Crippen molar-refractivity contribution in [2.75, 3.05) is 7.05 Å². The summed E-state index contributed by atoms with van der Waals surface area (Å²) in [6.45, 7) is 0. The summed E-state index contributed by atoms with van der Waals surface area (Å²) in [5.41, 5.74) is 4.57. The Morgan fingerprint density at radius 3 is 2.57 bits per heavy atom. The van der Waals surface area contributed by atoms with Gasteiger partial charge in [0.1, 0.15) is 0 Å². The number of hydrogen-bond donors (Lipinski definition) is 1. The molecule has 0 atom stereocenters. The molecule has 1 heterocycles. The Morgan fingerprint density at radius 2 is 2.07 bits per heavy atom. The molecule has 3 nitrogen and oxygen atoms in total. The smallest absolute Gasteiger partial charge is 0.174 e. The first kappa shape index (κ1) is 8.67. The van der Waals surface area contributed by atoms with Gasteiger partial charge in [0, 0.05) is 18.2 Å². The topological polar surface area (TPSA) is 24.5 Å². The van der Waals surface area contributed by atoms with E-state index in [-0.39, 0.29) is 0 Å². The van der Waals surface area contributed by atoms with Gasteiger partial charge in [-0.15, -0.1) is 6.42 Å². The third-order valence-electron chi connectivity index (χ3n) is 1.95. The lowest BCUT2D eigenvalue weighted by atomic mass is 10.1. The number of hydrogen-bond acceptors (Lipinski definition) is 3. The van der Waals surface area contributed by atoms with Crippen molar-refractivity contribution in [2.24, 2.45) is 0 Å². The summed E-state index contributed by atoms with van der Waals surface area (Å²) in [4.78, 5) is 5.21. The lowest BCUT2D eigenvalue weighted by molar-refractivity contribution is 0.0649. The zero-order valence-corrected chi connectivity index (χ0v) is 7.82. The molecule has 3 heteroatoms. The summed E-state index contributed by atoms with van der Waals surface area (Å²) in [6, 6.07) is 7.64. The van der Waals surface area contributed by atoms with Crippen molar-refractivity contribution in [2.45, 2.75) is 0 Å². The van der Waals surface area contributed by atoms with Crippen LogP contribution in [-0.2, 0) is 4.84 Å². The second-order valence-corrected chi connectivity index (χ2v) is 3.02. The molecule has 0 aliphatic carbocycles. The number of terminal acetylenes is 1. The van der Waals surface area contributed by atoms with Crippen molar-refractivity contribution in [1.29, 1.82) is 0 Å². The molecular weight excluding hydrogens is 176 g/mol. The van der Waals surface area contributed by atoms with Crippen LogP contribution < -0.4 is 5.59 Å². The molecule has 1 aromatic rings. The normalized spacial score (nSPS) is 14.6. The van der Waals surface area contributed by atoms with E-state index in [0.717, 1.165) is 16.9 Å². The third-order valence-corrected chi connectivity index (χ3v) is 1.95. The highest BCUT2D eigenvalue weighted by atomic mass is 16.7. The molecule has 0 fully saturated rings. The summed E-state index contributed by atoms with van der Waals surface area (Å²) in [7, 11) is 1.86. The molecule has 0 saturated carbocycles. The van der Waals surface area contributed by atoms with Crippen molar-refractivity contribution in [3.63, 3.8) is 0 Å². The van der Waals surface area contributed by atoms with E-state index in [1.807, 2.05) is 37.5 Å². The van der Waals surface area contributed by atoms with Crippen LogP contribution >= 0.6 is 0 Å². The van der Waals surface area contributed by atoms with Crippen LogP contribution in [0.3, 0.4) is 0 Å². The van der Waals surface area contributed by atoms with E-state index in [4.69, 9.17) is 11.3 Å². The maximum absolute atomic E-state index is 5.26. The molecule has 14 heavy (non-hydrogen) atoms. The molecule has 0 radical (unpaired) electrons. The molecule has 0 aromatic heterocycles. The number of nitrogens with one attached hydrogen (secondary N) is 1. The van der Waals surface area contributed by atoms with E-state index in [2.05, 4.69) is 11.5 Å². The molecule has 0 spiro atoms. The quantitative estimate of drug-likeness (QED) is 0.670. The van der Waals surface area contributed by atoms with Gasteiger partial charge in [0.2, 0.25) is 0 Å². The standard InChI is InChI=1S/C11H10N2O/c1-3-9-4-6-10(7-5-9)11-8-13(2)12-14-11/h1,4-8,12H,2H3. The lowest BCUT2D eigenvalue weighted by Crippen LogP contribution is -2.22. The Labute approximate surface area is 82.9 Å². The van der Waals surface area contributed by atoms with E-state index in [1.165, 1.54) is 0 Å². The summed E-state index contributed by atoms with van der Waals surface area (Å²) in [5, 5.41) is 1.74. The molecule has 2 rings (SSSR count). The fourth-order valence-electron chi connectivity index (χ4n) is 1.21. The van der Waals surface area contributed by atoms with Gasteiger partial charge in [-0.05, 0) is 24.3 Å². The van der Waals surface area contributed by atoms with Gasteiger partial charge in [-0.25, -0.2) is 0 Å². The van der Waals surface area contributed by atoms with E-state index in [1.54, 1.807) is 5.01 Å². The van der Waals surface area contributed by atoms with Crippen LogP contribution in [0.15, 0.2) is 30.5 Å². The molecule has 0 unspecified atom stereocenters. The van der Waals surface area contributed by atoms with Crippen molar-refractivity contribution in [3.05, 3.63) is 41.6 Å². The zero-order chi connectivity index (χ0) is 9.97. The van der Waals surface area contributed by atoms with Gasteiger partial charge in [-0.3, -0.25) is 5.01 Å². The summed E-state index contributed by atoms with van der Waals surface area (Å²) < 4.78 is 0. The zero-order valence-electron chi connectivity index (χ0n) is 7.82. The first-order valence-corrected chi connectivity index (χ1v) is 4.24. The van der Waals surface area contributed by atoms with E-state index in [9.17, 15) is 0 Å². The molecule has 1 aliphatic heterocycles. The van der Waals surface area contributed by atoms with Crippen molar-refractivity contribution >= 4 is 5.76 Å². The Balaban J connectivity index is 2.26. The first-order valence-electron chi connectivity index (χ1n) is 4.24. The molecule has 0 amide bonds. The summed E-state index contributed by atoms with van der Waals surface area (Å²) in [6.07, 6.45) is 7.12. The number of hydrazine groups is 1. The van der Waals surface area contributed by atoms with Gasteiger partial charge in [0.05, 0.1) is 6.20 Å². The van der Waals surface area contributed by atoms with Gasteiger partial charge in [-0.1, -0.05) is 11.5 Å². The van der Waals surface area contributed by atoms with Crippen LogP contribution in [-0.4, -0.2) is 12.1 Å². The molecule has 1 aromatic carbocycles. The molecule has 0 bridgehead atoms. The van der Waals surface area contributed by atoms with Crippen LogP contribution in [0.2, 0.25) is 0 Å². The SMILES string of the molecule is C#Cc1ccc(C2=CN(C)NO2)cc1. The van der Waals surface area contributed by atoms with Gasteiger partial charge in [0.25, 0.3) is 0 Å². The van der Waals surface area contributed by atoms with Crippen LogP contribution in [0.1, 0.15) is 11.1 Å². The summed E-state index contributed by atoms with van der Waals surface area (Å²) in [5.74, 6) is 3.36. The highest BCUT2D eigenvalue weighted by Gasteiger charge is 2.11. The average Bonchev–Trinajstić information content (AvgIpc) is 2.65. The summed E-state index contributed by atoms with van der Waals surface area (Å²) >= 11 is 0. The minimum Gasteiger partial charge on any atom is -0.387 e. The highest BCUT2D eigenvalue weighted by Crippen LogP contribution is 2.18. The van der Waals surface area contributed by atoms with Crippen LogP contribution in [0.25, 0.3) is 5.76 Å². The van der Waals surface area contributed by atoms with Crippen LogP contribution in [0, 0.1) is 12.3 Å². The Hall–Kier alpha value is -1.92. The van der Waals surface area contributed by atoms with Crippen molar-refractivity contribution in [1.82, 2.24) is 10.6 Å². The predicted octanol–water partition coefficient (Wildman–Crippen LogP) is 1.35. The average molecular weight is 186 g/mol. The molecule has 70 valence electrons. The monoisotopic (exact) mass is 186 g/mol. The minimum absolute atomic E-state index is 0.788. The second-order valence-electron chi connectivity index (χ2n) is 3.02. The molecule has 0 saturated heterocycles. The van der Waals surface area contributed by atoms with Gasteiger partial charge < -0.3 is 4.84 Å². The maximum Gasteiger partial charge on any atom is 0.174 e. The van der Waals surface area contributed by atoms with Gasteiger partial charge >= 0.3 is 0 Å². The molecular formula is C11H10N2O. The van der Waals surface area contributed by atoms with Gasteiger partial charge in [0.15, 0.2) is 5.76 Å².